The Morgan fingerprint density at radius 3 is 2.67 bits per heavy atom. The van der Waals surface area contributed by atoms with Gasteiger partial charge < -0.3 is 5.32 Å². The molecule has 1 atom stereocenters. The van der Waals surface area contributed by atoms with Gasteiger partial charge in [-0.3, -0.25) is 0 Å². The van der Waals surface area contributed by atoms with Crippen LogP contribution in [0.3, 0.4) is 0 Å². The summed E-state index contributed by atoms with van der Waals surface area (Å²) in [6, 6.07) is 4.22. The predicted molar refractivity (Wildman–Crippen MR) is 83.3 cm³/mol. The Bertz CT molecular complexity index is 427. The fraction of sp³-hybridized carbons (Fsp3) is 0.667. The number of hydrogen-bond acceptors (Lipinski definition) is 1. The van der Waals surface area contributed by atoms with E-state index in [-0.39, 0.29) is 0 Å². The molecule has 1 aromatic carbocycles. The molecule has 0 saturated heterocycles. The summed E-state index contributed by atoms with van der Waals surface area (Å²) in [4.78, 5) is 0. The normalized spacial score (nSPS) is 17.3. The Hall–Kier alpha value is -0.960. The van der Waals surface area contributed by atoms with Crippen LogP contribution in [-0.2, 0) is 6.42 Å². The lowest BCUT2D eigenvalue weighted by atomic mass is 9.95. The highest BCUT2D eigenvalue weighted by Gasteiger charge is 2.18. The van der Waals surface area contributed by atoms with E-state index in [1.807, 2.05) is 0 Å². The number of rotatable bonds is 8. The molecule has 21 heavy (non-hydrogen) atoms. The lowest BCUT2D eigenvalue weighted by Crippen LogP contribution is -2.32. The summed E-state index contributed by atoms with van der Waals surface area (Å²) in [6.45, 7) is 3.09. The van der Waals surface area contributed by atoms with Crippen molar-refractivity contribution in [1.82, 2.24) is 5.32 Å². The Morgan fingerprint density at radius 1 is 1.24 bits per heavy atom. The molecule has 1 aliphatic rings. The molecule has 1 saturated carbocycles. The third-order valence-corrected chi connectivity index (χ3v) is 4.56. The van der Waals surface area contributed by atoms with Gasteiger partial charge in [0.25, 0.3) is 0 Å². The van der Waals surface area contributed by atoms with Gasteiger partial charge >= 0.3 is 0 Å². The minimum Gasteiger partial charge on any atom is -0.314 e. The van der Waals surface area contributed by atoms with Crippen LogP contribution < -0.4 is 5.32 Å². The Labute approximate surface area is 127 Å². The van der Waals surface area contributed by atoms with Gasteiger partial charge in [-0.1, -0.05) is 38.7 Å². The first-order chi connectivity index (χ1) is 10.2. The molecule has 1 nitrogen and oxygen atoms in total. The van der Waals surface area contributed by atoms with Gasteiger partial charge in [-0.05, 0) is 49.8 Å². The molecule has 0 aliphatic heterocycles. The second kappa shape index (κ2) is 8.47. The molecule has 0 amide bonds. The lowest BCUT2D eigenvalue weighted by molar-refractivity contribution is 0.399. The van der Waals surface area contributed by atoms with Crippen LogP contribution in [0.4, 0.5) is 8.78 Å². The van der Waals surface area contributed by atoms with E-state index in [1.165, 1.54) is 38.2 Å². The highest BCUT2D eigenvalue weighted by Crippen LogP contribution is 2.29. The Morgan fingerprint density at radius 2 is 2.00 bits per heavy atom. The first-order valence-electron chi connectivity index (χ1n) is 8.36. The minimum absolute atomic E-state index is 0.297. The fourth-order valence-corrected chi connectivity index (χ4v) is 3.31. The Balaban J connectivity index is 1.90. The largest absolute Gasteiger partial charge is 0.314 e. The van der Waals surface area contributed by atoms with Crippen molar-refractivity contribution in [3.8, 4) is 0 Å². The maximum absolute atomic E-state index is 13.8. The molecule has 2 rings (SSSR count). The third kappa shape index (κ3) is 5.39. The zero-order chi connectivity index (χ0) is 15.1. The van der Waals surface area contributed by atoms with E-state index in [0.717, 1.165) is 31.4 Å². The minimum atomic E-state index is -0.500. The molecule has 118 valence electrons. The average molecular weight is 295 g/mol. The van der Waals surface area contributed by atoms with Crippen LogP contribution >= 0.6 is 0 Å². The predicted octanol–water partition coefficient (Wildman–Crippen LogP) is 4.85. The summed E-state index contributed by atoms with van der Waals surface area (Å²) >= 11 is 0. The zero-order valence-corrected chi connectivity index (χ0v) is 13.0. The summed E-state index contributed by atoms with van der Waals surface area (Å²) in [5.74, 6) is -0.0616. The number of nitrogens with one attached hydrogen (secondary N) is 1. The van der Waals surface area contributed by atoms with E-state index < -0.39 is 11.6 Å². The smallest absolute Gasteiger partial charge is 0.129 e. The summed E-state index contributed by atoms with van der Waals surface area (Å²) in [5.41, 5.74) is 0.622. The zero-order valence-electron chi connectivity index (χ0n) is 13.0. The molecule has 0 spiro atoms. The molecular formula is C18H27F2N. The quantitative estimate of drug-likeness (QED) is 0.723. The van der Waals surface area contributed by atoms with E-state index in [4.69, 9.17) is 0 Å². The summed E-state index contributed by atoms with van der Waals surface area (Å²) in [6.07, 6.45) is 9.47. The van der Waals surface area contributed by atoms with Gasteiger partial charge in [0.2, 0.25) is 0 Å². The van der Waals surface area contributed by atoms with Crippen LogP contribution in [-0.4, -0.2) is 12.6 Å². The van der Waals surface area contributed by atoms with E-state index in [0.29, 0.717) is 18.0 Å². The molecule has 1 N–H and O–H groups in total. The molecule has 1 unspecified atom stereocenters. The van der Waals surface area contributed by atoms with E-state index >= 15 is 0 Å². The second-order valence-electron chi connectivity index (χ2n) is 6.32. The van der Waals surface area contributed by atoms with Crippen LogP contribution in [0, 0.1) is 17.6 Å². The van der Waals surface area contributed by atoms with Gasteiger partial charge in [0.1, 0.15) is 11.6 Å². The van der Waals surface area contributed by atoms with Crippen molar-refractivity contribution in [2.75, 3.05) is 6.54 Å². The molecule has 1 fully saturated rings. The second-order valence-corrected chi connectivity index (χ2v) is 6.32. The van der Waals surface area contributed by atoms with Crippen LogP contribution in [0.15, 0.2) is 18.2 Å². The number of hydrogen-bond donors (Lipinski definition) is 1. The molecule has 0 radical (unpaired) electrons. The molecule has 0 bridgehead atoms. The van der Waals surface area contributed by atoms with Gasteiger partial charge in [-0.15, -0.1) is 0 Å². The number of halogens is 2. The molecule has 0 aromatic heterocycles. The highest BCUT2D eigenvalue weighted by molar-refractivity contribution is 5.19. The van der Waals surface area contributed by atoms with Crippen molar-refractivity contribution in [2.24, 2.45) is 5.92 Å². The highest BCUT2D eigenvalue weighted by atomic mass is 19.1. The third-order valence-electron chi connectivity index (χ3n) is 4.56. The molecule has 0 heterocycles. The average Bonchev–Trinajstić information content (AvgIpc) is 2.97. The first kappa shape index (κ1) is 16.4. The van der Waals surface area contributed by atoms with Gasteiger partial charge in [0.05, 0.1) is 0 Å². The maximum Gasteiger partial charge on any atom is 0.129 e. The van der Waals surface area contributed by atoms with Crippen molar-refractivity contribution in [3.05, 3.63) is 35.4 Å². The number of benzene rings is 1. The van der Waals surface area contributed by atoms with Crippen LogP contribution in [0.1, 0.15) is 57.4 Å². The monoisotopic (exact) mass is 295 g/mol. The van der Waals surface area contributed by atoms with Gasteiger partial charge in [-0.25, -0.2) is 8.78 Å². The Kier molecular flexibility index (Phi) is 6.62. The molecule has 1 aromatic rings. The van der Waals surface area contributed by atoms with Crippen molar-refractivity contribution in [3.63, 3.8) is 0 Å². The summed E-state index contributed by atoms with van der Waals surface area (Å²) in [5, 5.41) is 3.52. The van der Waals surface area contributed by atoms with Gasteiger partial charge in [-0.2, -0.15) is 0 Å². The molecule has 3 heteroatoms. The van der Waals surface area contributed by atoms with Crippen molar-refractivity contribution < 1.29 is 8.78 Å². The van der Waals surface area contributed by atoms with E-state index in [1.54, 1.807) is 6.07 Å². The maximum atomic E-state index is 13.8. The summed E-state index contributed by atoms with van der Waals surface area (Å²) in [7, 11) is 0. The van der Waals surface area contributed by atoms with E-state index in [9.17, 15) is 8.78 Å². The molecular weight excluding hydrogens is 268 g/mol. The van der Waals surface area contributed by atoms with E-state index in [2.05, 4.69) is 12.2 Å². The summed E-state index contributed by atoms with van der Waals surface area (Å²) < 4.78 is 26.8. The van der Waals surface area contributed by atoms with Crippen LogP contribution in [0.5, 0.6) is 0 Å². The van der Waals surface area contributed by atoms with Crippen molar-refractivity contribution in [1.29, 1.82) is 0 Å². The van der Waals surface area contributed by atoms with Crippen molar-refractivity contribution in [2.45, 2.75) is 64.3 Å². The topological polar surface area (TPSA) is 12.0 Å². The SMILES string of the molecule is CCCNC(CCC1CCCC1)Cc1ccc(F)cc1F. The van der Waals surface area contributed by atoms with Crippen LogP contribution in [0.25, 0.3) is 0 Å². The van der Waals surface area contributed by atoms with Crippen molar-refractivity contribution >= 4 is 0 Å². The van der Waals surface area contributed by atoms with Gasteiger partial charge in [0, 0.05) is 12.1 Å². The fourth-order valence-electron chi connectivity index (χ4n) is 3.31. The lowest BCUT2D eigenvalue weighted by Gasteiger charge is -2.21. The molecule has 1 aliphatic carbocycles. The standard InChI is InChI=1S/C18H27F2N/c1-2-11-21-17(10-7-14-5-3-4-6-14)12-15-8-9-16(19)13-18(15)20/h8-9,13-14,17,21H,2-7,10-12H2,1H3. The van der Waals surface area contributed by atoms with Gasteiger partial charge in [0.15, 0.2) is 0 Å². The first-order valence-corrected chi connectivity index (χ1v) is 8.36. The van der Waals surface area contributed by atoms with Crippen LogP contribution in [0.2, 0.25) is 0 Å².